The van der Waals surface area contributed by atoms with E-state index in [4.69, 9.17) is 4.42 Å². The molecule has 8 nitrogen and oxygen atoms in total. The number of ether oxygens (including phenoxy) is 1. The van der Waals surface area contributed by atoms with Gasteiger partial charge in [-0.3, -0.25) is 4.79 Å². The first-order valence-corrected chi connectivity index (χ1v) is 9.48. The van der Waals surface area contributed by atoms with E-state index in [1.807, 2.05) is 41.8 Å². The van der Waals surface area contributed by atoms with Crippen molar-refractivity contribution in [1.29, 1.82) is 0 Å². The number of nitrogens with zero attached hydrogens (tertiary/aromatic N) is 3. The Labute approximate surface area is 172 Å². The van der Waals surface area contributed by atoms with Crippen molar-refractivity contribution in [2.45, 2.75) is 19.9 Å². The Hall–Kier alpha value is -3.94. The third-order valence-electron chi connectivity index (χ3n) is 4.69. The van der Waals surface area contributed by atoms with Crippen molar-refractivity contribution in [3.05, 3.63) is 66.1 Å². The van der Waals surface area contributed by atoms with Crippen LogP contribution in [0.25, 0.3) is 22.5 Å². The van der Waals surface area contributed by atoms with E-state index >= 15 is 0 Å². The fourth-order valence-electron chi connectivity index (χ4n) is 3.21. The molecule has 2 heterocycles. The van der Waals surface area contributed by atoms with E-state index in [1.54, 1.807) is 24.3 Å². The van der Waals surface area contributed by atoms with Crippen LogP contribution in [0.5, 0.6) is 0 Å². The number of fused-ring (bicyclic) bond motifs is 1. The van der Waals surface area contributed by atoms with E-state index in [-0.39, 0.29) is 12.5 Å². The van der Waals surface area contributed by atoms with Crippen LogP contribution in [0.4, 0.5) is 5.69 Å². The molecule has 152 valence electrons. The minimum Gasteiger partial charge on any atom is -0.465 e. The minimum atomic E-state index is -0.428. The minimum absolute atomic E-state index is 0.0610. The van der Waals surface area contributed by atoms with Crippen LogP contribution < -0.4 is 5.32 Å². The Bertz CT molecular complexity index is 1210. The Morgan fingerprint density at radius 1 is 1.10 bits per heavy atom. The average molecular weight is 404 g/mol. The summed E-state index contributed by atoms with van der Waals surface area (Å²) in [6, 6.07) is 16.2. The number of carbonyl (C=O) groups is 2. The third-order valence-corrected chi connectivity index (χ3v) is 4.69. The number of rotatable bonds is 6. The maximum atomic E-state index is 12.8. The maximum Gasteiger partial charge on any atom is 0.337 e. The molecule has 30 heavy (non-hydrogen) atoms. The van der Waals surface area contributed by atoms with Gasteiger partial charge in [-0.2, -0.15) is 0 Å². The summed E-state index contributed by atoms with van der Waals surface area (Å²) >= 11 is 0. The molecule has 0 saturated carbocycles. The predicted molar refractivity (Wildman–Crippen MR) is 111 cm³/mol. The molecule has 2 aromatic carbocycles. The first-order valence-electron chi connectivity index (χ1n) is 9.48. The quantitative estimate of drug-likeness (QED) is 0.492. The second-order valence-electron chi connectivity index (χ2n) is 6.65. The highest BCUT2D eigenvalue weighted by Crippen LogP contribution is 2.27. The molecule has 4 rings (SSSR count). The number of anilines is 1. The molecule has 0 aliphatic rings. The summed E-state index contributed by atoms with van der Waals surface area (Å²) in [4.78, 5) is 24.3. The summed E-state index contributed by atoms with van der Waals surface area (Å²) < 4.78 is 12.2. The van der Waals surface area contributed by atoms with Crippen LogP contribution in [0.1, 0.15) is 23.2 Å². The summed E-state index contributed by atoms with van der Waals surface area (Å²) in [6.45, 7) is 2.00. The number of aryl methyl sites for hydroxylation is 1. The molecule has 0 atom stereocenters. The number of para-hydroxylation sites is 1. The lowest BCUT2D eigenvalue weighted by atomic mass is 10.2. The van der Waals surface area contributed by atoms with Gasteiger partial charge in [0, 0.05) is 23.0 Å². The molecule has 0 radical (unpaired) electrons. The standard InChI is InChI=1S/C22H20N4O4/c1-3-20-24-25-21(30-20)18-12-15-6-4-5-7-17(15)26(18)13-19(27)23-16-10-8-14(9-11-16)22(28)29-2/h4-12H,3,13H2,1-2H3,(H,23,27). The summed E-state index contributed by atoms with van der Waals surface area (Å²) in [6.07, 6.45) is 0.634. The molecule has 0 aliphatic carbocycles. The number of carbonyl (C=O) groups excluding carboxylic acids is 2. The Kier molecular flexibility index (Phi) is 5.30. The van der Waals surface area contributed by atoms with Crippen LogP contribution in [0, 0.1) is 0 Å². The van der Waals surface area contributed by atoms with Crippen molar-refractivity contribution in [3.63, 3.8) is 0 Å². The second-order valence-corrected chi connectivity index (χ2v) is 6.65. The smallest absolute Gasteiger partial charge is 0.337 e. The van der Waals surface area contributed by atoms with Gasteiger partial charge in [0.2, 0.25) is 11.8 Å². The van der Waals surface area contributed by atoms with Crippen molar-refractivity contribution in [2.24, 2.45) is 0 Å². The molecule has 0 saturated heterocycles. The molecule has 0 unspecified atom stereocenters. The monoisotopic (exact) mass is 404 g/mol. The van der Waals surface area contributed by atoms with Gasteiger partial charge >= 0.3 is 5.97 Å². The van der Waals surface area contributed by atoms with Crippen molar-refractivity contribution < 1.29 is 18.7 Å². The van der Waals surface area contributed by atoms with Gasteiger partial charge in [-0.05, 0) is 36.4 Å². The van der Waals surface area contributed by atoms with Crippen LogP contribution in [-0.2, 0) is 22.5 Å². The van der Waals surface area contributed by atoms with Gasteiger partial charge in [-0.25, -0.2) is 4.79 Å². The Balaban J connectivity index is 1.60. The van der Waals surface area contributed by atoms with Gasteiger partial charge in [0.25, 0.3) is 5.89 Å². The average Bonchev–Trinajstić information content (AvgIpc) is 3.38. The molecular formula is C22H20N4O4. The van der Waals surface area contributed by atoms with E-state index in [0.717, 1.165) is 10.9 Å². The fourth-order valence-corrected chi connectivity index (χ4v) is 3.21. The van der Waals surface area contributed by atoms with E-state index < -0.39 is 5.97 Å². The molecule has 1 amide bonds. The van der Waals surface area contributed by atoms with Crippen molar-refractivity contribution >= 4 is 28.5 Å². The van der Waals surface area contributed by atoms with Gasteiger partial charge < -0.3 is 19.0 Å². The summed E-state index contributed by atoms with van der Waals surface area (Å²) in [7, 11) is 1.32. The number of hydrogen-bond donors (Lipinski definition) is 1. The van der Waals surface area contributed by atoms with Gasteiger partial charge in [0.05, 0.1) is 12.7 Å². The Morgan fingerprint density at radius 2 is 1.87 bits per heavy atom. The lowest BCUT2D eigenvalue weighted by Crippen LogP contribution is -2.19. The fraction of sp³-hybridized carbons (Fsp3) is 0.182. The van der Waals surface area contributed by atoms with Crippen LogP contribution in [0.3, 0.4) is 0 Å². The van der Waals surface area contributed by atoms with Crippen LogP contribution in [-0.4, -0.2) is 33.8 Å². The normalized spacial score (nSPS) is 10.9. The number of esters is 1. The summed E-state index contributed by atoms with van der Waals surface area (Å²) in [5, 5.41) is 12.0. The highest BCUT2D eigenvalue weighted by Gasteiger charge is 2.18. The van der Waals surface area contributed by atoms with Crippen molar-refractivity contribution in [2.75, 3.05) is 12.4 Å². The number of methoxy groups -OCH3 is 1. The first kappa shape index (κ1) is 19.4. The largest absolute Gasteiger partial charge is 0.465 e. The SMILES string of the molecule is CCc1nnc(-c2cc3ccccc3n2CC(=O)Nc2ccc(C(=O)OC)cc2)o1. The zero-order chi connectivity index (χ0) is 21.1. The first-order chi connectivity index (χ1) is 14.6. The second kappa shape index (κ2) is 8.20. The predicted octanol–water partition coefficient (Wildman–Crippen LogP) is 3.68. The molecule has 1 N–H and O–H groups in total. The van der Waals surface area contributed by atoms with Crippen molar-refractivity contribution in [1.82, 2.24) is 14.8 Å². The molecule has 0 fully saturated rings. The highest BCUT2D eigenvalue weighted by molar-refractivity contribution is 5.94. The molecule has 0 aliphatic heterocycles. The topological polar surface area (TPSA) is 99.2 Å². The number of hydrogen-bond acceptors (Lipinski definition) is 6. The van der Waals surface area contributed by atoms with Crippen LogP contribution in [0.2, 0.25) is 0 Å². The van der Waals surface area contributed by atoms with Crippen LogP contribution >= 0.6 is 0 Å². The maximum absolute atomic E-state index is 12.8. The number of aromatic nitrogens is 3. The number of benzene rings is 2. The lowest BCUT2D eigenvalue weighted by molar-refractivity contribution is -0.116. The molecule has 0 spiro atoms. The molecule has 4 aromatic rings. The lowest BCUT2D eigenvalue weighted by Gasteiger charge is -2.10. The van der Waals surface area contributed by atoms with Gasteiger partial charge in [0.15, 0.2) is 0 Å². The van der Waals surface area contributed by atoms with Gasteiger partial charge in [-0.15, -0.1) is 10.2 Å². The Morgan fingerprint density at radius 3 is 2.57 bits per heavy atom. The van der Waals surface area contributed by atoms with Crippen molar-refractivity contribution in [3.8, 4) is 11.6 Å². The highest BCUT2D eigenvalue weighted by atomic mass is 16.5. The third kappa shape index (κ3) is 3.80. The molecule has 0 bridgehead atoms. The van der Waals surface area contributed by atoms with E-state index in [0.29, 0.717) is 35.1 Å². The summed E-state index contributed by atoms with van der Waals surface area (Å²) in [5.41, 5.74) is 2.56. The zero-order valence-electron chi connectivity index (χ0n) is 16.6. The van der Waals surface area contributed by atoms with Gasteiger partial charge in [0.1, 0.15) is 12.2 Å². The molecule has 8 heteroatoms. The molecular weight excluding hydrogens is 384 g/mol. The number of nitrogens with one attached hydrogen (secondary N) is 1. The van der Waals surface area contributed by atoms with Crippen LogP contribution in [0.15, 0.2) is 59.0 Å². The molecule has 2 aromatic heterocycles. The van der Waals surface area contributed by atoms with E-state index in [9.17, 15) is 9.59 Å². The van der Waals surface area contributed by atoms with E-state index in [1.165, 1.54) is 7.11 Å². The van der Waals surface area contributed by atoms with Gasteiger partial charge in [-0.1, -0.05) is 25.1 Å². The zero-order valence-corrected chi connectivity index (χ0v) is 16.6. The van der Waals surface area contributed by atoms with E-state index in [2.05, 4.69) is 20.3 Å². The summed E-state index contributed by atoms with van der Waals surface area (Å²) in [5.74, 6) is 0.260. The number of amides is 1.